The number of hydrogen-bond acceptors (Lipinski definition) is 1. The minimum Gasteiger partial charge on any atom is -0.310 e. The van der Waals surface area contributed by atoms with Crippen LogP contribution in [0, 0.1) is 0 Å². The van der Waals surface area contributed by atoms with E-state index in [0.29, 0.717) is 16.1 Å². The first-order valence-electron chi connectivity index (χ1n) is 6.43. The maximum absolute atomic E-state index is 6.17. The molecule has 1 aliphatic rings. The summed E-state index contributed by atoms with van der Waals surface area (Å²) >= 11 is 12.2. The normalized spacial score (nSPS) is 18.0. The van der Waals surface area contributed by atoms with Gasteiger partial charge < -0.3 is 5.32 Å². The van der Waals surface area contributed by atoms with Gasteiger partial charge in [-0.3, -0.25) is 0 Å². The number of rotatable bonds is 3. The average Bonchev–Trinajstić information content (AvgIpc) is 2.59. The van der Waals surface area contributed by atoms with Crippen molar-refractivity contribution in [3.63, 3.8) is 0 Å². The third kappa shape index (κ3) is 3.87. The molecule has 0 radical (unpaired) electrons. The van der Waals surface area contributed by atoms with Crippen molar-refractivity contribution in [3.05, 3.63) is 33.8 Å². The fourth-order valence-corrected chi connectivity index (χ4v) is 2.81. The monoisotopic (exact) mass is 271 g/mol. The smallest absolute Gasteiger partial charge is 0.0637 e. The summed E-state index contributed by atoms with van der Waals surface area (Å²) in [4.78, 5) is 0. The largest absolute Gasteiger partial charge is 0.310 e. The summed E-state index contributed by atoms with van der Waals surface area (Å²) in [6.07, 6.45) is 8.05. The topological polar surface area (TPSA) is 12.0 Å². The first kappa shape index (κ1) is 13.2. The summed E-state index contributed by atoms with van der Waals surface area (Å²) in [7, 11) is 0. The SMILES string of the molecule is Clc1cccc(CNC2CCCCCC2)c1Cl. The van der Waals surface area contributed by atoms with Gasteiger partial charge in [0.1, 0.15) is 0 Å². The summed E-state index contributed by atoms with van der Waals surface area (Å²) in [5.41, 5.74) is 1.10. The third-order valence-electron chi connectivity index (χ3n) is 3.47. The molecule has 0 saturated heterocycles. The van der Waals surface area contributed by atoms with Crippen LogP contribution in [0.3, 0.4) is 0 Å². The minimum absolute atomic E-state index is 0.645. The minimum atomic E-state index is 0.645. The van der Waals surface area contributed by atoms with Crippen LogP contribution in [0.5, 0.6) is 0 Å². The van der Waals surface area contributed by atoms with Crippen molar-refractivity contribution in [2.75, 3.05) is 0 Å². The van der Waals surface area contributed by atoms with Crippen LogP contribution in [-0.2, 0) is 6.54 Å². The molecule has 1 fully saturated rings. The Morgan fingerprint density at radius 3 is 2.47 bits per heavy atom. The molecule has 0 spiro atoms. The van der Waals surface area contributed by atoms with E-state index in [9.17, 15) is 0 Å². The molecular formula is C14H19Cl2N. The van der Waals surface area contributed by atoms with Crippen molar-refractivity contribution in [3.8, 4) is 0 Å². The molecule has 0 aromatic heterocycles. The van der Waals surface area contributed by atoms with Crippen molar-refractivity contribution >= 4 is 23.2 Å². The molecule has 0 amide bonds. The quantitative estimate of drug-likeness (QED) is 0.779. The Kier molecular flexibility index (Phi) is 5.15. The van der Waals surface area contributed by atoms with Crippen molar-refractivity contribution in [1.29, 1.82) is 0 Å². The van der Waals surface area contributed by atoms with Crippen LogP contribution in [0.25, 0.3) is 0 Å². The molecule has 3 heteroatoms. The van der Waals surface area contributed by atoms with Crippen molar-refractivity contribution in [2.45, 2.75) is 51.1 Å². The first-order chi connectivity index (χ1) is 8.27. The molecule has 1 aliphatic carbocycles. The van der Waals surface area contributed by atoms with Crippen LogP contribution in [0.15, 0.2) is 18.2 Å². The molecule has 1 aromatic carbocycles. The van der Waals surface area contributed by atoms with E-state index in [4.69, 9.17) is 23.2 Å². The fraction of sp³-hybridized carbons (Fsp3) is 0.571. The van der Waals surface area contributed by atoms with Gasteiger partial charge in [-0.25, -0.2) is 0 Å². The molecule has 17 heavy (non-hydrogen) atoms. The summed E-state index contributed by atoms with van der Waals surface area (Å²) in [5, 5.41) is 4.94. The molecule has 0 heterocycles. The van der Waals surface area contributed by atoms with E-state index < -0.39 is 0 Å². The van der Waals surface area contributed by atoms with Gasteiger partial charge in [-0.05, 0) is 24.5 Å². The number of benzene rings is 1. The van der Waals surface area contributed by atoms with Crippen LogP contribution in [-0.4, -0.2) is 6.04 Å². The second kappa shape index (κ2) is 6.63. The third-order valence-corrected chi connectivity index (χ3v) is 4.33. The van der Waals surface area contributed by atoms with E-state index in [1.807, 2.05) is 18.2 Å². The Balaban J connectivity index is 1.90. The van der Waals surface area contributed by atoms with Gasteiger partial charge in [0.05, 0.1) is 10.0 Å². The number of nitrogens with one attached hydrogen (secondary N) is 1. The maximum atomic E-state index is 6.17. The Labute approximate surface area is 114 Å². The molecule has 94 valence electrons. The molecule has 1 saturated carbocycles. The van der Waals surface area contributed by atoms with E-state index in [-0.39, 0.29) is 0 Å². The summed E-state index contributed by atoms with van der Waals surface area (Å²) in [6.45, 7) is 0.823. The molecule has 1 aromatic rings. The summed E-state index contributed by atoms with van der Waals surface area (Å²) < 4.78 is 0. The van der Waals surface area contributed by atoms with Gasteiger partial charge in [0, 0.05) is 12.6 Å². The molecule has 2 rings (SSSR count). The highest BCUT2D eigenvalue weighted by molar-refractivity contribution is 6.42. The molecule has 1 nitrogen and oxygen atoms in total. The van der Waals surface area contributed by atoms with Gasteiger partial charge in [-0.15, -0.1) is 0 Å². The second-order valence-corrected chi connectivity index (χ2v) is 5.57. The van der Waals surface area contributed by atoms with Crippen LogP contribution in [0.1, 0.15) is 44.1 Å². The van der Waals surface area contributed by atoms with Gasteiger partial charge in [0.15, 0.2) is 0 Å². The lowest BCUT2D eigenvalue weighted by Gasteiger charge is -2.16. The van der Waals surface area contributed by atoms with Crippen LogP contribution in [0.4, 0.5) is 0 Å². The number of hydrogen-bond donors (Lipinski definition) is 1. The highest BCUT2D eigenvalue weighted by Gasteiger charge is 2.12. The van der Waals surface area contributed by atoms with Crippen LogP contribution < -0.4 is 5.32 Å². The number of halogens is 2. The van der Waals surface area contributed by atoms with E-state index in [1.165, 1.54) is 38.5 Å². The molecule has 0 aliphatic heterocycles. The molecular weight excluding hydrogens is 253 g/mol. The lowest BCUT2D eigenvalue weighted by Crippen LogP contribution is -2.27. The lowest BCUT2D eigenvalue weighted by atomic mass is 10.1. The lowest BCUT2D eigenvalue weighted by molar-refractivity contribution is 0.459. The van der Waals surface area contributed by atoms with Gasteiger partial charge in [0.25, 0.3) is 0 Å². The van der Waals surface area contributed by atoms with Crippen molar-refractivity contribution in [2.24, 2.45) is 0 Å². The van der Waals surface area contributed by atoms with Crippen molar-refractivity contribution in [1.82, 2.24) is 5.32 Å². The van der Waals surface area contributed by atoms with E-state index in [1.54, 1.807) is 0 Å². The van der Waals surface area contributed by atoms with Crippen molar-refractivity contribution < 1.29 is 0 Å². The first-order valence-corrected chi connectivity index (χ1v) is 7.19. The fourth-order valence-electron chi connectivity index (χ4n) is 2.42. The standard InChI is InChI=1S/C14H19Cl2N/c15-13-9-5-6-11(14(13)16)10-17-12-7-3-1-2-4-8-12/h5-6,9,12,17H,1-4,7-8,10H2. The van der Waals surface area contributed by atoms with Gasteiger partial charge >= 0.3 is 0 Å². The predicted molar refractivity (Wildman–Crippen MR) is 74.8 cm³/mol. The molecule has 0 atom stereocenters. The average molecular weight is 272 g/mol. The van der Waals surface area contributed by atoms with Gasteiger partial charge in [0.2, 0.25) is 0 Å². The van der Waals surface area contributed by atoms with E-state index >= 15 is 0 Å². The van der Waals surface area contributed by atoms with E-state index in [0.717, 1.165) is 12.1 Å². The molecule has 1 N–H and O–H groups in total. The Morgan fingerprint density at radius 2 is 1.76 bits per heavy atom. The molecule has 0 unspecified atom stereocenters. The second-order valence-electron chi connectivity index (χ2n) is 4.78. The summed E-state index contributed by atoms with van der Waals surface area (Å²) in [5.74, 6) is 0. The predicted octanol–water partition coefficient (Wildman–Crippen LogP) is 4.81. The zero-order valence-corrected chi connectivity index (χ0v) is 11.5. The van der Waals surface area contributed by atoms with Gasteiger partial charge in [-0.2, -0.15) is 0 Å². The molecule has 0 bridgehead atoms. The summed E-state index contributed by atoms with van der Waals surface area (Å²) in [6, 6.07) is 6.47. The van der Waals surface area contributed by atoms with Gasteiger partial charge in [-0.1, -0.05) is 61.0 Å². The highest BCUT2D eigenvalue weighted by Crippen LogP contribution is 2.26. The van der Waals surface area contributed by atoms with E-state index in [2.05, 4.69) is 5.32 Å². The van der Waals surface area contributed by atoms with Crippen LogP contribution in [0.2, 0.25) is 10.0 Å². The highest BCUT2D eigenvalue weighted by atomic mass is 35.5. The Hall–Kier alpha value is -0.240. The zero-order valence-electron chi connectivity index (χ0n) is 10.0. The Bertz CT molecular complexity index is 357. The zero-order chi connectivity index (χ0) is 12.1. The maximum Gasteiger partial charge on any atom is 0.0637 e. The van der Waals surface area contributed by atoms with Crippen LogP contribution >= 0.6 is 23.2 Å². The Morgan fingerprint density at radius 1 is 1.06 bits per heavy atom.